The van der Waals surface area contributed by atoms with Gasteiger partial charge in [-0.3, -0.25) is 4.79 Å². The highest BCUT2D eigenvalue weighted by atomic mass is 35.5. The van der Waals surface area contributed by atoms with Gasteiger partial charge in [0.15, 0.2) is 5.78 Å². The van der Waals surface area contributed by atoms with Gasteiger partial charge in [0, 0.05) is 0 Å². The first-order valence-electron chi connectivity index (χ1n) is 3.34. The Morgan fingerprint density at radius 3 is 2.15 bits per heavy atom. The summed E-state index contributed by atoms with van der Waals surface area (Å²) in [5, 5.41) is 0.691. The fourth-order valence-corrected chi connectivity index (χ4v) is 1.47. The summed E-state index contributed by atoms with van der Waals surface area (Å²) in [5.41, 5.74) is 5.48. The van der Waals surface area contributed by atoms with E-state index >= 15 is 0 Å². The molecule has 2 nitrogen and oxygen atoms in total. The molecule has 0 saturated carbocycles. The molecule has 13 heavy (non-hydrogen) atoms. The van der Waals surface area contributed by atoms with E-state index in [1.54, 1.807) is 18.2 Å². The largest absolute Gasteiger partial charge is 0.324 e. The molecular formula is C8H8Cl3NO. The summed E-state index contributed by atoms with van der Waals surface area (Å²) in [5.74, 6) is -0.245. The Labute approximate surface area is 92.4 Å². The summed E-state index contributed by atoms with van der Waals surface area (Å²) in [6, 6.07) is 4.89. The first kappa shape index (κ1) is 12.7. The maximum atomic E-state index is 11.2. The van der Waals surface area contributed by atoms with Crippen molar-refractivity contribution < 1.29 is 4.79 Å². The molecular weight excluding hydrogens is 232 g/mol. The second-order valence-corrected chi connectivity index (χ2v) is 3.04. The number of hydrogen-bond acceptors (Lipinski definition) is 2. The summed E-state index contributed by atoms with van der Waals surface area (Å²) in [7, 11) is 0. The highest BCUT2D eigenvalue weighted by Crippen LogP contribution is 2.24. The second-order valence-electron chi connectivity index (χ2n) is 2.22. The predicted molar refractivity (Wildman–Crippen MR) is 57.1 cm³/mol. The molecule has 0 bridgehead atoms. The van der Waals surface area contributed by atoms with E-state index < -0.39 is 0 Å². The van der Waals surface area contributed by atoms with E-state index in [4.69, 9.17) is 28.9 Å². The number of carbonyl (C=O) groups excluding carboxylic acids is 1. The number of rotatable bonds is 2. The van der Waals surface area contributed by atoms with Gasteiger partial charge in [-0.15, -0.1) is 12.4 Å². The SMILES string of the molecule is Cl.NCC(=O)c1c(Cl)cccc1Cl. The number of benzene rings is 1. The highest BCUT2D eigenvalue weighted by molar-refractivity contribution is 6.39. The molecule has 0 aliphatic carbocycles. The lowest BCUT2D eigenvalue weighted by molar-refractivity contribution is 0.100. The maximum Gasteiger partial charge on any atom is 0.179 e. The fourth-order valence-electron chi connectivity index (χ4n) is 0.866. The molecule has 1 aromatic carbocycles. The van der Waals surface area contributed by atoms with Crippen molar-refractivity contribution in [1.29, 1.82) is 0 Å². The molecule has 0 saturated heterocycles. The average molecular weight is 241 g/mol. The van der Waals surface area contributed by atoms with Crippen molar-refractivity contribution in [2.45, 2.75) is 0 Å². The summed E-state index contributed by atoms with van der Waals surface area (Å²) in [4.78, 5) is 11.2. The normalized spacial score (nSPS) is 9.15. The molecule has 1 aromatic rings. The van der Waals surface area contributed by atoms with E-state index in [1.807, 2.05) is 0 Å². The number of nitrogens with two attached hydrogens (primary N) is 1. The van der Waals surface area contributed by atoms with Crippen molar-refractivity contribution in [2.75, 3.05) is 6.54 Å². The quantitative estimate of drug-likeness (QED) is 0.808. The third-order valence-corrected chi connectivity index (χ3v) is 2.06. The first-order valence-corrected chi connectivity index (χ1v) is 4.09. The Morgan fingerprint density at radius 2 is 1.77 bits per heavy atom. The van der Waals surface area contributed by atoms with Crippen LogP contribution in [0.2, 0.25) is 10.0 Å². The van der Waals surface area contributed by atoms with Crippen LogP contribution < -0.4 is 5.73 Å². The van der Waals surface area contributed by atoms with Crippen LogP contribution in [-0.2, 0) is 0 Å². The van der Waals surface area contributed by atoms with E-state index in [0.29, 0.717) is 15.6 Å². The van der Waals surface area contributed by atoms with Crippen LogP contribution in [-0.4, -0.2) is 12.3 Å². The number of Topliss-reactive ketones (excluding diaryl/α,β-unsaturated/α-hetero) is 1. The number of hydrogen-bond donors (Lipinski definition) is 1. The molecule has 5 heteroatoms. The standard InChI is InChI=1S/C8H7Cl2NO.ClH/c9-5-2-1-3-6(10)8(5)7(12)4-11;/h1-3H,4,11H2;1H. The minimum Gasteiger partial charge on any atom is -0.324 e. The smallest absolute Gasteiger partial charge is 0.179 e. The topological polar surface area (TPSA) is 43.1 Å². The number of ketones is 1. The van der Waals surface area contributed by atoms with Crippen molar-refractivity contribution >= 4 is 41.4 Å². The monoisotopic (exact) mass is 239 g/mol. The van der Waals surface area contributed by atoms with Gasteiger partial charge in [0.1, 0.15) is 0 Å². The van der Waals surface area contributed by atoms with E-state index in [0.717, 1.165) is 0 Å². The van der Waals surface area contributed by atoms with E-state index in [9.17, 15) is 4.79 Å². The van der Waals surface area contributed by atoms with E-state index in [-0.39, 0.29) is 24.7 Å². The Morgan fingerprint density at radius 1 is 1.31 bits per heavy atom. The zero-order chi connectivity index (χ0) is 9.14. The molecule has 0 amide bonds. The van der Waals surface area contributed by atoms with Crippen LogP contribution in [0.4, 0.5) is 0 Å². The van der Waals surface area contributed by atoms with Crippen molar-refractivity contribution in [3.63, 3.8) is 0 Å². The van der Waals surface area contributed by atoms with Gasteiger partial charge in [0.05, 0.1) is 22.2 Å². The zero-order valence-corrected chi connectivity index (χ0v) is 8.92. The van der Waals surface area contributed by atoms with Gasteiger partial charge in [0.2, 0.25) is 0 Å². The molecule has 1 rings (SSSR count). The van der Waals surface area contributed by atoms with Gasteiger partial charge in [-0.05, 0) is 12.1 Å². The lowest BCUT2D eigenvalue weighted by Crippen LogP contribution is -2.14. The Kier molecular flexibility index (Phi) is 5.33. The Hall–Kier alpha value is -0.280. The van der Waals surface area contributed by atoms with Crippen molar-refractivity contribution in [3.8, 4) is 0 Å². The van der Waals surface area contributed by atoms with Gasteiger partial charge in [-0.25, -0.2) is 0 Å². The van der Waals surface area contributed by atoms with Crippen LogP contribution in [0.3, 0.4) is 0 Å². The van der Waals surface area contributed by atoms with E-state index in [2.05, 4.69) is 0 Å². The molecule has 0 aliphatic heterocycles. The summed E-state index contributed by atoms with van der Waals surface area (Å²) in [6.07, 6.45) is 0. The first-order chi connectivity index (χ1) is 5.66. The second kappa shape index (κ2) is 5.45. The van der Waals surface area contributed by atoms with Gasteiger partial charge in [0.25, 0.3) is 0 Å². The van der Waals surface area contributed by atoms with Crippen LogP contribution >= 0.6 is 35.6 Å². The molecule has 0 atom stereocenters. The molecule has 0 fully saturated rings. The molecule has 0 radical (unpaired) electrons. The summed E-state index contributed by atoms with van der Waals surface area (Å²) >= 11 is 11.5. The molecule has 0 unspecified atom stereocenters. The summed E-state index contributed by atoms with van der Waals surface area (Å²) < 4.78 is 0. The number of halogens is 3. The lowest BCUT2D eigenvalue weighted by atomic mass is 10.1. The van der Waals surface area contributed by atoms with Gasteiger partial charge in [-0.2, -0.15) is 0 Å². The molecule has 0 heterocycles. The molecule has 0 aromatic heterocycles. The minimum absolute atomic E-state index is 0. The van der Waals surface area contributed by atoms with Crippen molar-refractivity contribution in [3.05, 3.63) is 33.8 Å². The van der Waals surface area contributed by atoms with Gasteiger partial charge < -0.3 is 5.73 Å². The highest BCUT2D eigenvalue weighted by Gasteiger charge is 2.11. The fraction of sp³-hybridized carbons (Fsp3) is 0.125. The minimum atomic E-state index is -0.245. The third-order valence-electron chi connectivity index (χ3n) is 1.43. The molecule has 0 aliphatic rings. The van der Waals surface area contributed by atoms with Crippen molar-refractivity contribution in [1.82, 2.24) is 0 Å². The Bertz CT molecular complexity index is 294. The van der Waals surface area contributed by atoms with Gasteiger partial charge in [-0.1, -0.05) is 29.3 Å². The van der Waals surface area contributed by atoms with Crippen LogP contribution in [0.5, 0.6) is 0 Å². The molecule has 0 spiro atoms. The third kappa shape index (κ3) is 2.85. The van der Waals surface area contributed by atoms with Crippen LogP contribution in [0, 0.1) is 0 Å². The van der Waals surface area contributed by atoms with Gasteiger partial charge >= 0.3 is 0 Å². The van der Waals surface area contributed by atoms with E-state index in [1.165, 1.54) is 0 Å². The van der Waals surface area contributed by atoms with Crippen molar-refractivity contribution in [2.24, 2.45) is 5.73 Å². The van der Waals surface area contributed by atoms with Crippen LogP contribution in [0.25, 0.3) is 0 Å². The Balaban J connectivity index is 0.00000144. The van der Waals surface area contributed by atoms with Crippen LogP contribution in [0.1, 0.15) is 10.4 Å². The maximum absolute atomic E-state index is 11.2. The average Bonchev–Trinajstić information content (AvgIpc) is 2.03. The lowest BCUT2D eigenvalue weighted by Gasteiger charge is -2.02. The zero-order valence-electron chi connectivity index (χ0n) is 6.59. The summed E-state index contributed by atoms with van der Waals surface area (Å²) in [6.45, 7) is -0.0799. The molecule has 72 valence electrons. The predicted octanol–water partition coefficient (Wildman–Crippen LogP) is 2.56. The molecule has 2 N–H and O–H groups in total. The van der Waals surface area contributed by atoms with Crippen LogP contribution in [0.15, 0.2) is 18.2 Å². The number of carbonyl (C=O) groups is 1.